The summed E-state index contributed by atoms with van der Waals surface area (Å²) in [5.41, 5.74) is 0.511. The first-order chi connectivity index (χ1) is 9.51. The van der Waals surface area contributed by atoms with Gasteiger partial charge in [-0.3, -0.25) is 4.40 Å². The maximum Gasteiger partial charge on any atom is 0.262 e. The number of fused-ring (bicyclic) bond motifs is 1. The van der Waals surface area contributed by atoms with Gasteiger partial charge in [-0.25, -0.2) is 13.4 Å². The molecular formula is C12H14ClN3O3S. The number of hydrogen-bond donors (Lipinski definition) is 0. The van der Waals surface area contributed by atoms with E-state index in [-0.39, 0.29) is 16.2 Å². The van der Waals surface area contributed by atoms with E-state index < -0.39 is 10.0 Å². The Bertz CT molecular complexity index is 743. The number of sulfonamides is 1. The average molecular weight is 316 g/mol. The second kappa shape index (κ2) is 5.00. The Balaban J connectivity index is 2.16. The van der Waals surface area contributed by atoms with E-state index in [1.807, 2.05) is 6.92 Å². The Morgan fingerprint density at radius 1 is 1.45 bits per heavy atom. The highest BCUT2D eigenvalue weighted by atomic mass is 35.5. The van der Waals surface area contributed by atoms with Crippen molar-refractivity contribution in [2.75, 3.05) is 19.8 Å². The molecule has 0 aromatic carbocycles. The first-order valence-corrected chi connectivity index (χ1v) is 8.06. The Morgan fingerprint density at radius 3 is 3.00 bits per heavy atom. The molecule has 8 heteroatoms. The molecule has 3 rings (SSSR count). The van der Waals surface area contributed by atoms with Crippen molar-refractivity contribution in [1.29, 1.82) is 0 Å². The van der Waals surface area contributed by atoms with Crippen LogP contribution in [0.3, 0.4) is 0 Å². The van der Waals surface area contributed by atoms with Gasteiger partial charge >= 0.3 is 0 Å². The number of ether oxygens (including phenoxy) is 1. The third-order valence-electron chi connectivity index (χ3n) is 3.31. The van der Waals surface area contributed by atoms with E-state index in [1.54, 1.807) is 24.4 Å². The van der Waals surface area contributed by atoms with E-state index in [1.165, 1.54) is 8.71 Å². The van der Waals surface area contributed by atoms with Gasteiger partial charge in [0.05, 0.1) is 13.2 Å². The van der Waals surface area contributed by atoms with Gasteiger partial charge in [-0.2, -0.15) is 4.31 Å². The van der Waals surface area contributed by atoms with Crippen molar-refractivity contribution in [1.82, 2.24) is 13.7 Å². The number of imidazole rings is 1. The normalized spacial score (nSPS) is 21.4. The molecule has 2 aromatic heterocycles. The van der Waals surface area contributed by atoms with Gasteiger partial charge in [-0.05, 0) is 19.1 Å². The summed E-state index contributed by atoms with van der Waals surface area (Å²) in [6.07, 6.45) is 1.65. The van der Waals surface area contributed by atoms with Crippen molar-refractivity contribution < 1.29 is 13.2 Å². The smallest absolute Gasteiger partial charge is 0.262 e. The largest absolute Gasteiger partial charge is 0.378 e. The van der Waals surface area contributed by atoms with Gasteiger partial charge in [-0.1, -0.05) is 17.7 Å². The zero-order valence-corrected chi connectivity index (χ0v) is 12.4. The zero-order valence-electron chi connectivity index (χ0n) is 10.9. The topological polar surface area (TPSA) is 63.9 Å². The molecule has 0 saturated carbocycles. The summed E-state index contributed by atoms with van der Waals surface area (Å²) in [5.74, 6) is 0. The van der Waals surface area contributed by atoms with E-state index in [0.717, 1.165) is 0 Å². The molecule has 1 fully saturated rings. The molecule has 20 heavy (non-hydrogen) atoms. The lowest BCUT2D eigenvalue weighted by atomic mass is 10.3. The molecule has 1 saturated heterocycles. The first kappa shape index (κ1) is 13.8. The molecule has 3 heterocycles. The van der Waals surface area contributed by atoms with E-state index in [2.05, 4.69) is 4.98 Å². The Kier molecular flexibility index (Phi) is 3.45. The summed E-state index contributed by atoms with van der Waals surface area (Å²) >= 11 is 6.05. The van der Waals surface area contributed by atoms with Gasteiger partial charge in [0.1, 0.15) is 5.65 Å². The van der Waals surface area contributed by atoms with Crippen LogP contribution in [0.2, 0.25) is 5.15 Å². The standard InChI is InChI=1S/C12H14ClN3O3S/c1-9-8-19-7-6-16(9)20(17,18)12-11(13)14-10-4-2-3-5-15(10)12/h2-5,9H,6-8H2,1H3. The van der Waals surface area contributed by atoms with Crippen LogP contribution in [0, 0.1) is 0 Å². The molecule has 0 aliphatic carbocycles. The number of aromatic nitrogens is 2. The summed E-state index contributed by atoms with van der Waals surface area (Å²) < 4.78 is 33.8. The molecule has 0 spiro atoms. The number of hydrogen-bond acceptors (Lipinski definition) is 4. The molecule has 1 unspecified atom stereocenters. The predicted molar refractivity (Wildman–Crippen MR) is 74.4 cm³/mol. The monoisotopic (exact) mass is 315 g/mol. The van der Waals surface area contributed by atoms with Crippen molar-refractivity contribution in [3.63, 3.8) is 0 Å². The second-order valence-electron chi connectivity index (χ2n) is 4.68. The molecule has 0 bridgehead atoms. The number of halogens is 1. The number of morpholine rings is 1. The zero-order chi connectivity index (χ0) is 14.3. The Morgan fingerprint density at radius 2 is 2.25 bits per heavy atom. The van der Waals surface area contributed by atoms with Gasteiger partial charge < -0.3 is 4.74 Å². The van der Waals surface area contributed by atoms with Gasteiger partial charge in [-0.15, -0.1) is 0 Å². The van der Waals surface area contributed by atoms with Crippen molar-refractivity contribution >= 4 is 27.3 Å². The third-order valence-corrected chi connectivity index (χ3v) is 5.72. The SMILES string of the molecule is CC1COCCN1S(=O)(=O)c1c(Cl)nc2ccccn12. The van der Waals surface area contributed by atoms with Gasteiger partial charge in [0.2, 0.25) is 0 Å². The third kappa shape index (κ3) is 2.10. The van der Waals surface area contributed by atoms with Gasteiger partial charge in [0.25, 0.3) is 10.0 Å². The quantitative estimate of drug-likeness (QED) is 0.840. The molecule has 1 atom stereocenters. The number of rotatable bonds is 2. The summed E-state index contributed by atoms with van der Waals surface area (Å²) in [7, 11) is -3.70. The summed E-state index contributed by atoms with van der Waals surface area (Å²) in [6, 6.07) is 5.02. The molecule has 1 aliphatic rings. The van der Waals surface area contributed by atoms with Gasteiger partial charge in [0, 0.05) is 18.8 Å². The van der Waals surface area contributed by atoms with Crippen LogP contribution in [0.15, 0.2) is 29.4 Å². The fourth-order valence-corrected chi connectivity index (χ4v) is 4.56. The number of nitrogens with zero attached hydrogens (tertiary/aromatic N) is 3. The maximum absolute atomic E-state index is 12.8. The van der Waals surface area contributed by atoms with Crippen LogP contribution in [-0.2, 0) is 14.8 Å². The van der Waals surface area contributed by atoms with Crippen LogP contribution >= 0.6 is 11.6 Å². The predicted octanol–water partition coefficient (Wildman–Crippen LogP) is 1.40. The van der Waals surface area contributed by atoms with E-state index in [4.69, 9.17) is 16.3 Å². The van der Waals surface area contributed by atoms with Crippen LogP contribution < -0.4 is 0 Å². The fraction of sp³-hybridized carbons (Fsp3) is 0.417. The van der Waals surface area contributed by atoms with Crippen LogP contribution in [0.25, 0.3) is 5.65 Å². The van der Waals surface area contributed by atoms with E-state index in [9.17, 15) is 8.42 Å². The van der Waals surface area contributed by atoms with Crippen molar-refractivity contribution in [3.05, 3.63) is 29.5 Å². The molecule has 108 valence electrons. The van der Waals surface area contributed by atoms with Crippen LogP contribution in [-0.4, -0.2) is 47.9 Å². The second-order valence-corrected chi connectivity index (χ2v) is 6.84. The molecular weight excluding hydrogens is 302 g/mol. The average Bonchev–Trinajstić information content (AvgIpc) is 2.75. The molecule has 1 aliphatic heterocycles. The molecule has 2 aromatic rings. The minimum atomic E-state index is -3.70. The Hall–Kier alpha value is -1.15. The summed E-state index contributed by atoms with van der Waals surface area (Å²) in [4.78, 5) is 4.09. The molecule has 0 radical (unpaired) electrons. The van der Waals surface area contributed by atoms with Crippen molar-refractivity contribution in [2.24, 2.45) is 0 Å². The van der Waals surface area contributed by atoms with Crippen LogP contribution in [0.5, 0.6) is 0 Å². The fourth-order valence-electron chi connectivity index (χ4n) is 2.36. The molecule has 0 N–H and O–H groups in total. The van der Waals surface area contributed by atoms with Crippen LogP contribution in [0.4, 0.5) is 0 Å². The lowest BCUT2D eigenvalue weighted by molar-refractivity contribution is 0.0391. The van der Waals surface area contributed by atoms with Gasteiger partial charge in [0.15, 0.2) is 10.2 Å². The number of pyridine rings is 1. The summed E-state index contributed by atoms with van der Waals surface area (Å²) in [6.45, 7) is 2.90. The van der Waals surface area contributed by atoms with E-state index >= 15 is 0 Å². The first-order valence-electron chi connectivity index (χ1n) is 6.24. The minimum absolute atomic E-state index is 0.00473. The highest BCUT2D eigenvalue weighted by Gasteiger charge is 2.35. The highest BCUT2D eigenvalue weighted by Crippen LogP contribution is 2.27. The highest BCUT2D eigenvalue weighted by molar-refractivity contribution is 7.89. The lowest BCUT2D eigenvalue weighted by Gasteiger charge is -2.31. The van der Waals surface area contributed by atoms with Crippen molar-refractivity contribution in [2.45, 2.75) is 18.0 Å². The summed E-state index contributed by atoms with van der Waals surface area (Å²) in [5, 5.41) is 0.0124. The van der Waals surface area contributed by atoms with Crippen molar-refractivity contribution in [3.8, 4) is 0 Å². The van der Waals surface area contributed by atoms with E-state index in [0.29, 0.717) is 25.4 Å². The molecule has 6 nitrogen and oxygen atoms in total. The maximum atomic E-state index is 12.8. The minimum Gasteiger partial charge on any atom is -0.378 e. The Labute approximate surface area is 122 Å². The lowest BCUT2D eigenvalue weighted by Crippen LogP contribution is -2.47. The molecule has 0 amide bonds. The van der Waals surface area contributed by atoms with Crippen LogP contribution in [0.1, 0.15) is 6.92 Å².